The van der Waals surface area contributed by atoms with E-state index in [9.17, 15) is 9.59 Å². The van der Waals surface area contributed by atoms with E-state index in [0.717, 1.165) is 65.0 Å². The second kappa shape index (κ2) is 30.0. The Morgan fingerprint density at radius 1 is 0.522 bits per heavy atom. The summed E-state index contributed by atoms with van der Waals surface area (Å²) in [6.45, 7) is 16.2. The summed E-state index contributed by atoms with van der Waals surface area (Å²) < 4.78 is 10.8. The first kappa shape index (κ1) is 41.7. The molecule has 0 aliphatic carbocycles. The van der Waals surface area contributed by atoms with Crippen molar-refractivity contribution in [3.63, 3.8) is 0 Å². The Bertz CT molecular complexity index is 804. The molecule has 0 heterocycles. The predicted molar refractivity (Wildman–Crippen MR) is 195 cm³/mol. The van der Waals surface area contributed by atoms with Gasteiger partial charge in [0.25, 0.3) is 0 Å². The van der Waals surface area contributed by atoms with Crippen LogP contribution in [0, 0.1) is 0 Å². The molecule has 0 radical (unpaired) electrons. The highest BCUT2D eigenvalue weighted by atomic mass is 16.6. The largest absolute Gasteiger partial charge is 0.449 e. The van der Waals surface area contributed by atoms with Gasteiger partial charge in [-0.25, -0.2) is 9.59 Å². The van der Waals surface area contributed by atoms with Crippen LogP contribution in [0.25, 0.3) is 0 Å². The first-order chi connectivity index (χ1) is 22.5. The van der Waals surface area contributed by atoms with Crippen molar-refractivity contribution in [1.82, 2.24) is 9.80 Å². The van der Waals surface area contributed by atoms with E-state index in [-0.39, 0.29) is 0 Å². The van der Waals surface area contributed by atoms with E-state index in [0.29, 0.717) is 24.6 Å². The molecule has 0 spiro atoms. The van der Waals surface area contributed by atoms with E-state index >= 15 is 0 Å². The van der Waals surface area contributed by atoms with Gasteiger partial charge in [-0.1, -0.05) is 111 Å². The minimum absolute atomic E-state index is 0.389. The number of benzene rings is 1. The average molecular weight is 647 g/mol. The molecular formula is C38H70N4O4. The zero-order valence-corrected chi connectivity index (χ0v) is 30.2. The van der Waals surface area contributed by atoms with Gasteiger partial charge in [-0.3, -0.25) is 10.6 Å². The standard InChI is InChI=1S/C38H70N4O4/c1-5-9-11-13-15-17-19-28-41(7-3)30-21-23-32-45-37(43)39-35-26-25-27-36(34-35)40-38(44)46-33-24-22-31-42(8-4)29-20-18-16-14-12-10-6-2/h25-27,34H,5-24,28-33H2,1-4H3,(H,39,43)(H,40,44). The Morgan fingerprint density at radius 2 is 0.870 bits per heavy atom. The van der Waals surface area contributed by atoms with Crippen LogP contribution in [0.3, 0.4) is 0 Å². The quantitative estimate of drug-likeness (QED) is 0.0809. The number of nitrogens with zero attached hydrogens (tertiary/aromatic N) is 2. The highest BCUT2D eigenvalue weighted by Gasteiger charge is 2.08. The van der Waals surface area contributed by atoms with E-state index in [1.54, 1.807) is 24.3 Å². The zero-order chi connectivity index (χ0) is 33.5. The average Bonchev–Trinajstić information content (AvgIpc) is 3.05. The molecule has 2 N–H and O–H groups in total. The van der Waals surface area contributed by atoms with Crippen LogP contribution in [-0.4, -0.2) is 74.5 Å². The van der Waals surface area contributed by atoms with Crippen LogP contribution in [0.1, 0.15) is 143 Å². The van der Waals surface area contributed by atoms with Crippen molar-refractivity contribution < 1.29 is 19.1 Å². The van der Waals surface area contributed by atoms with Crippen LogP contribution >= 0.6 is 0 Å². The molecule has 46 heavy (non-hydrogen) atoms. The number of carbonyl (C=O) groups is 2. The maximum absolute atomic E-state index is 12.3. The smallest absolute Gasteiger partial charge is 0.411 e. The lowest BCUT2D eigenvalue weighted by molar-refractivity contribution is 0.156. The maximum atomic E-state index is 12.3. The van der Waals surface area contributed by atoms with Crippen LogP contribution in [0.15, 0.2) is 24.3 Å². The molecule has 1 aromatic rings. The molecule has 0 bridgehead atoms. The molecule has 0 aliphatic rings. The second-order valence-electron chi connectivity index (χ2n) is 12.6. The van der Waals surface area contributed by atoms with Crippen LogP contribution < -0.4 is 10.6 Å². The predicted octanol–water partition coefficient (Wildman–Crippen LogP) is 10.5. The Labute approximate surface area is 282 Å². The lowest BCUT2D eigenvalue weighted by Crippen LogP contribution is -2.26. The van der Waals surface area contributed by atoms with Crippen molar-refractivity contribution in [2.24, 2.45) is 0 Å². The topological polar surface area (TPSA) is 83.1 Å². The molecule has 0 saturated carbocycles. The van der Waals surface area contributed by atoms with Gasteiger partial charge in [0.2, 0.25) is 0 Å². The SMILES string of the molecule is CCCCCCCCCN(CC)CCCCOC(=O)Nc1cccc(NC(=O)OCCCCN(CC)CCCCCCCCC)c1. The highest BCUT2D eigenvalue weighted by molar-refractivity contribution is 5.88. The van der Waals surface area contributed by atoms with Gasteiger partial charge in [-0.15, -0.1) is 0 Å². The third kappa shape index (κ3) is 23.9. The van der Waals surface area contributed by atoms with E-state index in [1.165, 1.54) is 89.9 Å². The minimum atomic E-state index is -0.483. The second-order valence-corrected chi connectivity index (χ2v) is 12.6. The summed E-state index contributed by atoms with van der Waals surface area (Å²) in [5, 5.41) is 5.51. The van der Waals surface area contributed by atoms with Crippen LogP contribution in [0.5, 0.6) is 0 Å². The number of carbonyl (C=O) groups excluding carboxylic acids is 2. The monoisotopic (exact) mass is 647 g/mol. The molecule has 0 unspecified atom stereocenters. The number of amides is 2. The van der Waals surface area contributed by atoms with Gasteiger partial charge in [-0.05, 0) is 96.0 Å². The summed E-state index contributed by atoms with van der Waals surface area (Å²) in [5.74, 6) is 0. The fraction of sp³-hybridized carbons (Fsp3) is 0.789. The summed E-state index contributed by atoms with van der Waals surface area (Å²) in [4.78, 5) is 29.6. The third-order valence-corrected chi connectivity index (χ3v) is 8.61. The van der Waals surface area contributed by atoms with Gasteiger partial charge in [0.15, 0.2) is 0 Å². The molecule has 2 amide bonds. The Morgan fingerprint density at radius 3 is 1.24 bits per heavy atom. The van der Waals surface area contributed by atoms with E-state index < -0.39 is 12.2 Å². The molecule has 266 valence electrons. The van der Waals surface area contributed by atoms with E-state index in [4.69, 9.17) is 9.47 Å². The fourth-order valence-electron chi connectivity index (χ4n) is 5.63. The van der Waals surface area contributed by atoms with Crippen molar-refractivity contribution in [1.29, 1.82) is 0 Å². The Kier molecular flexibility index (Phi) is 27.2. The summed E-state index contributed by atoms with van der Waals surface area (Å²) in [5.41, 5.74) is 1.13. The maximum Gasteiger partial charge on any atom is 0.411 e. The molecule has 0 aromatic heterocycles. The number of rotatable bonds is 30. The summed E-state index contributed by atoms with van der Waals surface area (Å²) in [6, 6.07) is 7.02. The van der Waals surface area contributed by atoms with Crippen molar-refractivity contribution in [2.75, 3.05) is 63.1 Å². The van der Waals surface area contributed by atoms with Crippen LogP contribution in [-0.2, 0) is 9.47 Å². The number of nitrogens with one attached hydrogen (secondary N) is 2. The molecule has 0 fully saturated rings. The number of ether oxygens (including phenoxy) is 2. The minimum Gasteiger partial charge on any atom is -0.449 e. The number of hydrogen-bond acceptors (Lipinski definition) is 6. The summed E-state index contributed by atoms with van der Waals surface area (Å²) in [6.07, 6.45) is 21.4. The number of hydrogen-bond donors (Lipinski definition) is 2. The Balaban J connectivity index is 2.15. The molecule has 0 saturated heterocycles. The van der Waals surface area contributed by atoms with Crippen molar-refractivity contribution in [3.05, 3.63) is 24.3 Å². The summed E-state index contributed by atoms with van der Waals surface area (Å²) >= 11 is 0. The van der Waals surface area contributed by atoms with Gasteiger partial charge in [-0.2, -0.15) is 0 Å². The lowest BCUT2D eigenvalue weighted by Gasteiger charge is -2.20. The lowest BCUT2D eigenvalue weighted by atomic mass is 10.1. The molecule has 1 rings (SSSR count). The van der Waals surface area contributed by atoms with Crippen LogP contribution in [0.4, 0.5) is 21.0 Å². The molecule has 8 heteroatoms. The van der Waals surface area contributed by atoms with E-state index in [1.807, 2.05) is 0 Å². The fourth-order valence-corrected chi connectivity index (χ4v) is 5.63. The summed E-state index contributed by atoms with van der Waals surface area (Å²) in [7, 11) is 0. The zero-order valence-electron chi connectivity index (χ0n) is 30.2. The highest BCUT2D eigenvalue weighted by Crippen LogP contribution is 2.16. The molecule has 1 aromatic carbocycles. The van der Waals surface area contributed by atoms with Crippen LogP contribution in [0.2, 0.25) is 0 Å². The number of anilines is 2. The van der Waals surface area contributed by atoms with Gasteiger partial charge < -0.3 is 19.3 Å². The molecule has 8 nitrogen and oxygen atoms in total. The van der Waals surface area contributed by atoms with Gasteiger partial charge in [0.05, 0.1) is 13.2 Å². The Hall–Kier alpha value is -2.32. The van der Waals surface area contributed by atoms with Gasteiger partial charge >= 0.3 is 12.2 Å². The van der Waals surface area contributed by atoms with Crippen molar-refractivity contribution in [2.45, 2.75) is 143 Å². The third-order valence-electron chi connectivity index (χ3n) is 8.61. The van der Waals surface area contributed by atoms with Gasteiger partial charge in [0, 0.05) is 11.4 Å². The molecule has 0 aliphatic heterocycles. The molecule has 0 atom stereocenters. The van der Waals surface area contributed by atoms with E-state index in [2.05, 4.69) is 48.1 Å². The van der Waals surface area contributed by atoms with Gasteiger partial charge in [0.1, 0.15) is 0 Å². The first-order valence-electron chi connectivity index (χ1n) is 18.9. The van der Waals surface area contributed by atoms with Crippen molar-refractivity contribution in [3.8, 4) is 0 Å². The van der Waals surface area contributed by atoms with Crippen molar-refractivity contribution >= 4 is 23.6 Å². The molecular weight excluding hydrogens is 576 g/mol. The normalized spacial score (nSPS) is 11.3. The number of unbranched alkanes of at least 4 members (excludes halogenated alkanes) is 14. The first-order valence-corrected chi connectivity index (χ1v) is 18.9.